The largest absolute Gasteiger partial charge is 0.476 e. The summed E-state index contributed by atoms with van der Waals surface area (Å²) in [6.45, 7) is 0. The van der Waals surface area contributed by atoms with Crippen molar-refractivity contribution in [1.82, 2.24) is 25.6 Å². The van der Waals surface area contributed by atoms with E-state index in [0.29, 0.717) is 0 Å². The maximum Gasteiger partial charge on any atom is 0.355 e. The van der Waals surface area contributed by atoms with Crippen molar-refractivity contribution in [1.29, 1.82) is 0 Å². The van der Waals surface area contributed by atoms with Crippen LogP contribution in [0.25, 0.3) is 0 Å². The summed E-state index contributed by atoms with van der Waals surface area (Å²) < 4.78 is 0. The van der Waals surface area contributed by atoms with Gasteiger partial charge in [0.1, 0.15) is 0 Å². The van der Waals surface area contributed by atoms with Gasteiger partial charge in [-0.05, 0) is 22.6 Å². The number of amides is 1. The monoisotopic (exact) mass is 234 g/mol. The normalized spacial score (nSPS) is 9.88. The topological polar surface area (TPSA) is 134 Å². The first-order chi connectivity index (χ1) is 8.18. The summed E-state index contributed by atoms with van der Waals surface area (Å²) in [6.07, 6.45) is 1.29. The lowest BCUT2D eigenvalue weighted by Gasteiger charge is -2.03. The van der Waals surface area contributed by atoms with Crippen molar-refractivity contribution in [2.24, 2.45) is 0 Å². The fourth-order valence-corrected chi connectivity index (χ4v) is 1.15. The number of aromatic carboxylic acids is 1. The summed E-state index contributed by atoms with van der Waals surface area (Å²) in [5.41, 5.74) is -0.408. The van der Waals surface area contributed by atoms with Crippen LogP contribution in [-0.2, 0) is 0 Å². The number of rotatable bonds is 3. The minimum absolute atomic E-state index is 0.0233. The Morgan fingerprint density at radius 3 is 2.88 bits per heavy atom. The van der Waals surface area contributed by atoms with Crippen molar-refractivity contribution in [2.75, 3.05) is 5.32 Å². The number of H-pyrrole nitrogens is 1. The summed E-state index contributed by atoms with van der Waals surface area (Å²) in [7, 11) is 0. The van der Waals surface area contributed by atoms with Crippen LogP contribution in [0.4, 0.5) is 5.95 Å². The number of aromatic nitrogens is 5. The van der Waals surface area contributed by atoms with Crippen molar-refractivity contribution in [3.63, 3.8) is 0 Å². The van der Waals surface area contributed by atoms with E-state index in [1.54, 1.807) is 0 Å². The third-order valence-electron chi connectivity index (χ3n) is 1.83. The predicted molar refractivity (Wildman–Crippen MR) is 53.3 cm³/mol. The van der Waals surface area contributed by atoms with E-state index in [2.05, 4.69) is 30.9 Å². The molecule has 3 N–H and O–H groups in total. The Morgan fingerprint density at radius 1 is 1.41 bits per heavy atom. The molecule has 17 heavy (non-hydrogen) atoms. The highest BCUT2D eigenvalue weighted by molar-refractivity contribution is 6.09. The van der Waals surface area contributed by atoms with Gasteiger partial charge in [0.25, 0.3) is 5.91 Å². The summed E-state index contributed by atoms with van der Waals surface area (Å²) in [4.78, 5) is 26.2. The van der Waals surface area contributed by atoms with Crippen molar-refractivity contribution in [3.8, 4) is 0 Å². The number of nitrogens with one attached hydrogen (secondary N) is 2. The van der Waals surface area contributed by atoms with Crippen LogP contribution in [0.5, 0.6) is 0 Å². The number of nitrogens with zero attached hydrogens (tertiary/aromatic N) is 4. The number of hydrogen-bond donors (Lipinski definition) is 3. The zero-order chi connectivity index (χ0) is 12.3. The molecule has 0 unspecified atom stereocenters. The zero-order valence-electron chi connectivity index (χ0n) is 8.28. The smallest absolute Gasteiger partial charge is 0.355 e. The maximum atomic E-state index is 11.7. The molecular formula is C8H6N6O3. The van der Waals surface area contributed by atoms with Gasteiger partial charge in [0, 0.05) is 6.20 Å². The van der Waals surface area contributed by atoms with E-state index in [4.69, 9.17) is 5.11 Å². The van der Waals surface area contributed by atoms with E-state index < -0.39 is 11.9 Å². The number of pyridine rings is 1. The molecule has 2 aromatic rings. The second-order valence-corrected chi connectivity index (χ2v) is 2.91. The second-order valence-electron chi connectivity index (χ2n) is 2.91. The fraction of sp³-hybridized carbons (Fsp3) is 0. The summed E-state index contributed by atoms with van der Waals surface area (Å²) in [5, 5.41) is 23.4. The van der Waals surface area contributed by atoms with Gasteiger partial charge in [-0.2, -0.15) is 0 Å². The van der Waals surface area contributed by atoms with Gasteiger partial charge in [-0.3, -0.25) is 10.1 Å². The van der Waals surface area contributed by atoms with Crippen LogP contribution in [0.2, 0.25) is 0 Å². The van der Waals surface area contributed by atoms with Crippen molar-refractivity contribution in [2.45, 2.75) is 0 Å². The fourth-order valence-electron chi connectivity index (χ4n) is 1.15. The molecule has 0 bridgehead atoms. The van der Waals surface area contributed by atoms with Crippen LogP contribution in [-0.4, -0.2) is 42.6 Å². The molecule has 0 saturated heterocycles. The van der Waals surface area contributed by atoms with Gasteiger partial charge in [-0.1, -0.05) is 5.10 Å². The minimum Gasteiger partial charge on any atom is -0.476 e. The summed E-state index contributed by atoms with van der Waals surface area (Å²) in [5.74, 6) is -1.92. The van der Waals surface area contributed by atoms with Crippen LogP contribution in [0.1, 0.15) is 20.8 Å². The molecule has 9 nitrogen and oxygen atoms in total. The zero-order valence-corrected chi connectivity index (χ0v) is 8.28. The lowest BCUT2D eigenvalue weighted by molar-refractivity contribution is 0.0686. The molecule has 0 spiro atoms. The molecule has 0 aliphatic carbocycles. The highest BCUT2D eigenvalue weighted by Crippen LogP contribution is 2.07. The van der Waals surface area contributed by atoms with Crippen LogP contribution >= 0.6 is 0 Å². The van der Waals surface area contributed by atoms with Gasteiger partial charge in [0.15, 0.2) is 5.69 Å². The molecule has 86 valence electrons. The minimum atomic E-state index is -1.29. The Balaban J connectivity index is 2.28. The number of carboxylic acid groups (broad SMARTS) is 1. The Hall–Kier alpha value is -2.84. The molecule has 0 atom stereocenters. The predicted octanol–water partition coefficient (Wildman–Crippen LogP) is -0.455. The lowest BCUT2D eigenvalue weighted by atomic mass is 10.2. The van der Waals surface area contributed by atoms with Crippen LogP contribution in [0.3, 0.4) is 0 Å². The van der Waals surface area contributed by atoms with E-state index in [1.807, 2.05) is 0 Å². The number of carbonyl (C=O) groups is 2. The summed E-state index contributed by atoms with van der Waals surface area (Å²) >= 11 is 0. The van der Waals surface area contributed by atoms with Gasteiger partial charge < -0.3 is 5.11 Å². The average molecular weight is 234 g/mol. The Bertz CT molecular complexity index is 552. The molecule has 2 heterocycles. The molecular weight excluding hydrogens is 228 g/mol. The molecule has 0 aromatic carbocycles. The van der Waals surface area contributed by atoms with E-state index in [0.717, 1.165) is 0 Å². The van der Waals surface area contributed by atoms with E-state index >= 15 is 0 Å². The molecule has 9 heteroatoms. The maximum absolute atomic E-state index is 11.7. The van der Waals surface area contributed by atoms with Gasteiger partial charge in [0.2, 0.25) is 5.95 Å². The first kappa shape index (κ1) is 10.7. The number of aromatic amines is 1. The Kier molecular flexibility index (Phi) is 2.73. The van der Waals surface area contributed by atoms with E-state index in [1.165, 1.54) is 18.3 Å². The first-order valence-electron chi connectivity index (χ1n) is 4.42. The molecule has 2 aromatic heterocycles. The van der Waals surface area contributed by atoms with E-state index in [9.17, 15) is 9.59 Å². The lowest BCUT2D eigenvalue weighted by Crippen LogP contribution is -2.18. The quantitative estimate of drug-likeness (QED) is 0.654. The van der Waals surface area contributed by atoms with Crippen LogP contribution in [0.15, 0.2) is 18.3 Å². The van der Waals surface area contributed by atoms with Gasteiger partial charge in [-0.25, -0.2) is 14.9 Å². The third kappa shape index (κ3) is 2.22. The van der Waals surface area contributed by atoms with Gasteiger partial charge in [-0.15, -0.1) is 0 Å². The highest BCUT2D eigenvalue weighted by Gasteiger charge is 2.18. The number of tetrazole rings is 1. The highest BCUT2D eigenvalue weighted by atomic mass is 16.4. The molecule has 0 aliphatic rings. The standard InChI is InChI=1S/C8H6N6O3/c15-6(10-8-11-13-14-12-8)4-2-1-3-9-5(4)7(16)17/h1-3H,(H,16,17)(H2,10,11,12,13,14,15). The van der Waals surface area contributed by atoms with Crippen molar-refractivity contribution < 1.29 is 14.7 Å². The Morgan fingerprint density at radius 2 is 2.24 bits per heavy atom. The first-order valence-corrected chi connectivity index (χ1v) is 4.42. The number of carboxylic acids is 1. The molecule has 0 fully saturated rings. The molecule has 2 rings (SSSR count). The third-order valence-corrected chi connectivity index (χ3v) is 1.83. The number of carbonyl (C=O) groups excluding carboxylic acids is 1. The number of anilines is 1. The van der Waals surface area contributed by atoms with Crippen LogP contribution in [0, 0.1) is 0 Å². The Labute approximate surface area is 93.9 Å². The van der Waals surface area contributed by atoms with E-state index in [-0.39, 0.29) is 17.2 Å². The molecule has 0 radical (unpaired) electrons. The molecule has 0 aliphatic heterocycles. The van der Waals surface area contributed by atoms with Gasteiger partial charge >= 0.3 is 5.97 Å². The van der Waals surface area contributed by atoms with Gasteiger partial charge in [0.05, 0.1) is 5.56 Å². The van der Waals surface area contributed by atoms with Crippen molar-refractivity contribution >= 4 is 17.8 Å². The SMILES string of the molecule is O=C(Nc1nnn[nH]1)c1cccnc1C(=O)O. The molecule has 1 amide bonds. The molecule has 0 saturated carbocycles. The van der Waals surface area contributed by atoms with Crippen LogP contribution < -0.4 is 5.32 Å². The van der Waals surface area contributed by atoms with Crippen molar-refractivity contribution in [3.05, 3.63) is 29.6 Å². The second kappa shape index (κ2) is 4.35. The average Bonchev–Trinajstić information content (AvgIpc) is 2.81. The summed E-state index contributed by atoms with van der Waals surface area (Å²) in [6, 6.07) is 2.80. The number of hydrogen-bond acceptors (Lipinski definition) is 6.